The van der Waals surface area contributed by atoms with Crippen LogP contribution in [0.4, 0.5) is 0 Å². The predicted molar refractivity (Wildman–Crippen MR) is 184 cm³/mol. The van der Waals surface area contributed by atoms with Gasteiger partial charge in [0.2, 0.25) is 0 Å². The lowest BCUT2D eigenvalue weighted by atomic mass is 10.1. The molecule has 0 aliphatic heterocycles. The van der Waals surface area contributed by atoms with Gasteiger partial charge >= 0.3 is 14.5 Å². The Bertz CT molecular complexity index is 1400. The zero-order chi connectivity index (χ0) is 30.8. The highest BCUT2D eigenvalue weighted by Crippen LogP contribution is 2.53. The van der Waals surface area contributed by atoms with E-state index in [1.807, 2.05) is 74.5 Å². The fourth-order valence-electron chi connectivity index (χ4n) is 3.75. The van der Waals surface area contributed by atoms with Gasteiger partial charge < -0.3 is 9.05 Å². The van der Waals surface area contributed by atoms with Crippen LogP contribution in [0.1, 0.15) is 27.7 Å². The Morgan fingerprint density at radius 2 is 0.929 bits per heavy atom. The molecule has 0 saturated heterocycles. The third-order valence-electron chi connectivity index (χ3n) is 5.41. The van der Waals surface area contributed by atoms with Crippen LogP contribution in [0.2, 0.25) is 0 Å². The summed E-state index contributed by atoms with van der Waals surface area (Å²) >= 11 is 7.61. The number of hydrogen-bond acceptors (Lipinski definition) is 6. The summed E-state index contributed by atoms with van der Waals surface area (Å²) in [7, 11) is -3.27. The largest absolute Gasteiger partial charge is 0.424 e. The van der Waals surface area contributed by atoms with Crippen LogP contribution in [-0.4, -0.2) is 26.4 Å². The van der Waals surface area contributed by atoms with Gasteiger partial charge in [-0.3, -0.25) is 13.6 Å². The van der Waals surface area contributed by atoms with E-state index in [4.69, 9.17) is 20.3 Å². The summed E-state index contributed by atoms with van der Waals surface area (Å²) in [5.41, 5.74) is 4.48. The summed E-state index contributed by atoms with van der Waals surface area (Å²) in [4.78, 5) is 0. The second-order valence-corrected chi connectivity index (χ2v) is 14.1. The molecule has 0 amide bonds. The number of hydrogen-bond donors (Lipinski definition) is 0. The van der Waals surface area contributed by atoms with Crippen molar-refractivity contribution in [2.75, 3.05) is 26.4 Å². The molecule has 226 valence electrons. The molecule has 0 saturated carbocycles. The predicted octanol–water partition coefficient (Wildman–Crippen LogP) is 10.6. The highest BCUT2D eigenvalue weighted by atomic mass is 127. The monoisotopic (exact) mass is 742 g/mol. The van der Waals surface area contributed by atoms with Gasteiger partial charge in [0.1, 0.15) is 0 Å². The first kappa shape index (κ1) is 36.4. The SMILES string of the molecule is CCOP(=O)(Cl)OCC.CCOP(=O)(OCC)c1ccccc1-c1ccccc1.Ic1ccccc1-c1ccccc1. The summed E-state index contributed by atoms with van der Waals surface area (Å²) in [6.07, 6.45) is 0. The maximum atomic E-state index is 13.0. The highest BCUT2D eigenvalue weighted by Gasteiger charge is 2.29. The van der Waals surface area contributed by atoms with E-state index in [0.29, 0.717) is 31.7 Å². The minimum absolute atomic E-state index is 0.306. The summed E-state index contributed by atoms with van der Waals surface area (Å²) in [5, 5.41) is 0.620. The quantitative estimate of drug-likeness (QED) is 0.113. The van der Waals surface area contributed by atoms with E-state index >= 15 is 0 Å². The standard InChI is InChI=1S/C16H19O3P.C12H9I.C4H10ClO3P/c1-3-18-20(17,19-4-2)16-13-9-8-12-15(16)14-10-6-5-7-11-14;13-12-9-5-4-8-11(12)10-6-2-1-3-7-10;1-3-7-9(5,6)8-4-2/h5-13H,3-4H2,1-2H3;1-9H;3-4H2,1-2H3. The van der Waals surface area contributed by atoms with E-state index in [0.717, 1.165) is 11.1 Å². The van der Waals surface area contributed by atoms with Gasteiger partial charge in [-0.05, 0) is 84.7 Å². The molecule has 4 aromatic rings. The van der Waals surface area contributed by atoms with Crippen molar-refractivity contribution < 1.29 is 27.2 Å². The van der Waals surface area contributed by atoms with Crippen molar-refractivity contribution in [1.29, 1.82) is 0 Å². The molecule has 4 aromatic carbocycles. The highest BCUT2D eigenvalue weighted by molar-refractivity contribution is 14.1. The Balaban J connectivity index is 0.000000241. The molecule has 0 spiro atoms. The molecule has 0 unspecified atom stereocenters. The van der Waals surface area contributed by atoms with E-state index in [-0.39, 0.29) is 0 Å². The zero-order valence-corrected chi connectivity index (χ0v) is 29.0. The third kappa shape index (κ3) is 12.1. The average molecular weight is 743 g/mol. The molecule has 4 rings (SSSR count). The van der Waals surface area contributed by atoms with Crippen LogP contribution in [0.25, 0.3) is 22.3 Å². The van der Waals surface area contributed by atoms with E-state index in [9.17, 15) is 9.13 Å². The summed E-state index contributed by atoms with van der Waals surface area (Å²) < 4.78 is 45.0. The van der Waals surface area contributed by atoms with Crippen LogP contribution in [0.5, 0.6) is 0 Å². The first-order valence-electron chi connectivity index (χ1n) is 13.6. The summed E-state index contributed by atoms with van der Waals surface area (Å²) in [6, 6.07) is 36.2. The van der Waals surface area contributed by atoms with Crippen LogP contribution in [0.3, 0.4) is 0 Å². The van der Waals surface area contributed by atoms with Crippen molar-refractivity contribution >= 4 is 53.7 Å². The molecular formula is C32H38ClIO6P2. The second-order valence-electron chi connectivity index (χ2n) is 8.33. The fraction of sp³-hybridized carbons (Fsp3) is 0.250. The molecule has 0 aliphatic rings. The van der Waals surface area contributed by atoms with Crippen LogP contribution in [-0.2, 0) is 27.2 Å². The van der Waals surface area contributed by atoms with Crippen LogP contribution in [0.15, 0.2) is 109 Å². The first-order valence-corrected chi connectivity index (χ1v) is 18.7. The number of benzene rings is 4. The lowest BCUT2D eigenvalue weighted by molar-refractivity contribution is 0.230. The minimum atomic E-state index is -3.27. The molecule has 0 heterocycles. The number of rotatable bonds is 11. The van der Waals surface area contributed by atoms with Gasteiger partial charge in [-0.25, -0.2) is 4.57 Å². The molecule has 0 N–H and O–H groups in total. The Hall–Kier alpha value is -1.80. The van der Waals surface area contributed by atoms with Gasteiger partial charge in [-0.1, -0.05) is 97.1 Å². The van der Waals surface area contributed by atoms with Crippen LogP contribution >= 0.6 is 48.4 Å². The Morgan fingerprint density at radius 1 is 0.548 bits per heavy atom. The molecule has 0 bridgehead atoms. The molecule has 0 radical (unpaired) electrons. The van der Waals surface area contributed by atoms with Gasteiger partial charge in [-0.15, -0.1) is 0 Å². The van der Waals surface area contributed by atoms with Crippen molar-refractivity contribution in [3.8, 4) is 22.3 Å². The van der Waals surface area contributed by atoms with Gasteiger partial charge in [0.15, 0.2) is 0 Å². The maximum Gasteiger partial charge on any atom is 0.424 e. The molecule has 0 aromatic heterocycles. The fourth-order valence-corrected chi connectivity index (χ4v) is 7.52. The van der Waals surface area contributed by atoms with E-state index in [1.165, 1.54) is 14.7 Å². The van der Waals surface area contributed by atoms with Gasteiger partial charge in [0.05, 0.1) is 31.7 Å². The smallest absolute Gasteiger partial charge is 0.305 e. The maximum absolute atomic E-state index is 13.0. The van der Waals surface area contributed by atoms with E-state index in [2.05, 4.69) is 80.2 Å². The third-order valence-corrected chi connectivity index (χ3v) is 10.2. The van der Waals surface area contributed by atoms with Crippen molar-refractivity contribution in [2.45, 2.75) is 27.7 Å². The molecular weight excluding hydrogens is 705 g/mol. The van der Waals surface area contributed by atoms with Crippen molar-refractivity contribution in [2.24, 2.45) is 0 Å². The van der Waals surface area contributed by atoms with Crippen molar-refractivity contribution in [3.63, 3.8) is 0 Å². The Morgan fingerprint density at radius 3 is 1.38 bits per heavy atom. The summed E-state index contributed by atoms with van der Waals surface area (Å²) in [5.74, 6) is 0. The molecule has 6 nitrogen and oxygen atoms in total. The second kappa shape index (κ2) is 19.5. The topological polar surface area (TPSA) is 71.1 Å². The van der Waals surface area contributed by atoms with E-state index < -0.39 is 14.5 Å². The lowest BCUT2D eigenvalue weighted by Crippen LogP contribution is -2.13. The van der Waals surface area contributed by atoms with E-state index in [1.54, 1.807) is 13.8 Å². The molecule has 0 fully saturated rings. The molecule has 0 atom stereocenters. The number of halogens is 2. The van der Waals surface area contributed by atoms with Gasteiger partial charge in [-0.2, -0.15) is 0 Å². The van der Waals surface area contributed by atoms with Crippen LogP contribution in [0, 0.1) is 3.57 Å². The normalized spacial score (nSPS) is 11.1. The van der Waals surface area contributed by atoms with Crippen molar-refractivity contribution in [3.05, 3.63) is 113 Å². The first-order chi connectivity index (χ1) is 20.2. The molecule has 0 aliphatic carbocycles. The molecule has 42 heavy (non-hydrogen) atoms. The Labute approximate surface area is 268 Å². The minimum Gasteiger partial charge on any atom is -0.305 e. The zero-order valence-electron chi connectivity index (χ0n) is 24.3. The average Bonchev–Trinajstić information content (AvgIpc) is 2.99. The lowest BCUT2D eigenvalue weighted by Gasteiger charge is -2.20. The molecule has 10 heteroatoms. The van der Waals surface area contributed by atoms with Crippen molar-refractivity contribution in [1.82, 2.24) is 0 Å². The van der Waals surface area contributed by atoms with Gasteiger partial charge in [0, 0.05) is 14.8 Å². The summed E-state index contributed by atoms with van der Waals surface area (Å²) in [6.45, 7) is 5.13. The van der Waals surface area contributed by atoms with Crippen LogP contribution < -0.4 is 5.30 Å². The van der Waals surface area contributed by atoms with Gasteiger partial charge in [0.25, 0.3) is 0 Å². The Kier molecular flexibility index (Phi) is 16.9.